The molecule has 3 nitrogen and oxygen atoms in total. The van der Waals surface area contributed by atoms with E-state index in [1.165, 1.54) is 13.2 Å². The number of halogens is 3. The fourth-order valence-corrected chi connectivity index (χ4v) is 1.93. The van der Waals surface area contributed by atoms with E-state index in [1.807, 2.05) is 0 Å². The van der Waals surface area contributed by atoms with Crippen LogP contribution < -0.4 is 10.1 Å². The SMILES string of the molecule is COc1cc(Nc2c(CO)ccc(F)c2F)ccc1Cl. The molecule has 0 saturated heterocycles. The zero-order valence-corrected chi connectivity index (χ0v) is 11.3. The van der Waals surface area contributed by atoms with E-state index in [1.54, 1.807) is 18.2 Å². The number of rotatable bonds is 4. The minimum Gasteiger partial charge on any atom is -0.495 e. The largest absolute Gasteiger partial charge is 0.495 e. The number of nitrogens with one attached hydrogen (secondary N) is 1. The van der Waals surface area contributed by atoms with E-state index in [9.17, 15) is 13.9 Å². The minimum absolute atomic E-state index is 0.114. The number of methoxy groups -OCH3 is 1. The van der Waals surface area contributed by atoms with Crippen LogP contribution in [-0.2, 0) is 6.61 Å². The summed E-state index contributed by atoms with van der Waals surface area (Å²) >= 11 is 5.89. The monoisotopic (exact) mass is 299 g/mol. The summed E-state index contributed by atoms with van der Waals surface area (Å²) in [6.07, 6.45) is 0. The second kappa shape index (κ2) is 6.07. The number of aliphatic hydroxyl groups excluding tert-OH is 1. The second-order valence-electron chi connectivity index (χ2n) is 4.03. The number of hydrogen-bond donors (Lipinski definition) is 2. The van der Waals surface area contributed by atoms with Crippen LogP contribution in [0.5, 0.6) is 5.75 Å². The van der Waals surface area contributed by atoms with Gasteiger partial charge in [-0.25, -0.2) is 8.78 Å². The average molecular weight is 300 g/mol. The molecule has 0 heterocycles. The van der Waals surface area contributed by atoms with Crippen molar-refractivity contribution >= 4 is 23.0 Å². The zero-order valence-electron chi connectivity index (χ0n) is 10.6. The summed E-state index contributed by atoms with van der Waals surface area (Å²) in [5.74, 6) is -1.64. The first-order valence-corrected chi connectivity index (χ1v) is 6.13. The van der Waals surface area contributed by atoms with E-state index in [2.05, 4.69) is 5.32 Å². The van der Waals surface area contributed by atoms with Crippen LogP contribution in [0.1, 0.15) is 5.56 Å². The van der Waals surface area contributed by atoms with Crippen LogP contribution in [0.15, 0.2) is 30.3 Å². The number of benzene rings is 2. The summed E-state index contributed by atoms with van der Waals surface area (Å²) in [5, 5.41) is 12.3. The normalized spacial score (nSPS) is 10.4. The molecule has 0 spiro atoms. The molecule has 106 valence electrons. The molecular weight excluding hydrogens is 288 g/mol. The lowest BCUT2D eigenvalue weighted by Crippen LogP contribution is -2.02. The highest BCUT2D eigenvalue weighted by Gasteiger charge is 2.14. The molecule has 2 aromatic rings. The first-order valence-electron chi connectivity index (χ1n) is 5.75. The maximum absolute atomic E-state index is 13.8. The molecule has 0 fully saturated rings. The molecule has 0 aliphatic rings. The van der Waals surface area contributed by atoms with Gasteiger partial charge in [0.2, 0.25) is 0 Å². The Kier molecular flexibility index (Phi) is 4.42. The van der Waals surface area contributed by atoms with Crippen molar-refractivity contribution in [2.24, 2.45) is 0 Å². The molecule has 2 rings (SSSR count). The van der Waals surface area contributed by atoms with Gasteiger partial charge in [-0.1, -0.05) is 17.7 Å². The number of anilines is 2. The Morgan fingerprint density at radius 2 is 2.00 bits per heavy atom. The van der Waals surface area contributed by atoms with Gasteiger partial charge in [0, 0.05) is 17.3 Å². The summed E-state index contributed by atoms with van der Waals surface area (Å²) in [7, 11) is 1.45. The molecule has 2 aromatic carbocycles. The van der Waals surface area contributed by atoms with Crippen LogP contribution in [0.3, 0.4) is 0 Å². The highest BCUT2D eigenvalue weighted by atomic mass is 35.5. The van der Waals surface area contributed by atoms with Crippen LogP contribution in [0.4, 0.5) is 20.2 Å². The Morgan fingerprint density at radius 1 is 1.25 bits per heavy atom. The summed E-state index contributed by atoms with van der Waals surface area (Å²) in [6, 6.07) is 6.99. The van der Waals surface area contributed by atoms with E-state index < -0.39 is 18.2 Å². The lowest BCUT2D eigenvalue weighted by molar-refractivity contribution is 0.281. The molecule has 0 unspecified atom stereocenters. The summed E-state index contributed by atoms with van der Waals surface area (Å²) in [4.78, 5) is 0. The minimum atomic E-state index is -1.05. The number of ether oxygens (including phenoxy) is 1. The fourth-order valence-electron chi connectivity index (χ4n) is 1.74. The molecule has 6 heteroatoms. The van der Waals surface area contributed by atoms with Gasteiger partial charge in [0.25, 0.3) is 0 Å². The molecule has 0 saturated carbocycles. The first kappa shape index (κ1) is 14.6. The van der Waals surface area contributed by atoms with Crippen LogP contribution in [0, 0.1) is 11.6 Å². The quantitative estimate of drug-likeness (QED) is 0.900. The average Bonchev–Trinajstić information content (AvgIpc) is 2.46. The summed E-state index contributed by atoms with van der Waals surface area (Å²) < 4.78 is 32.1. The highest BCUT2D eigenvalue weighted by molar-refractivity contribution is 6.32. The predicted octanol–water partition coefficient (Wildman–Crippen LogP) is 3.86. The molecule has 2 N–H and O–H groups in total. The van der Waals surface area contributed by atoms with Crippen LogP contribution in [0.2, 0.25) is 5.02 Å². The topological polar surface area (TPSA) is 41.5 Å². The van der Waals surface area contributed by atoms with Gasteiger partial charge < -0.3 is 15.2 Å². The van der Waals surface area contributed by atoms with Crippen molar-refractivity contribution in [1.82, 2.24) is 0 Å². The van der Waals surface area contributed by atoms with E-state index >= 15 is 0 Å². The Balaban J connectivity index is 2.41. The van der Waals surface area contributed by atoms with Crippen molar-refractivity contribution in [3.8, 4) is 5.75 Å². The molecular formula is C14H12ClF2NO2. The fraction of sp³-hybridized carbons (Fsp3) is 0.143. The van der Waals surface area contributed by atoms with E-state index in [0.717, 1.165) is 6.07 Å². The maximum Gasteiger partial charge on any atom is 0.182 e. The van der Waals surface area contributed by atoms with Gasteiger partial charge in [-0.05, 0) is 18.2 Å². The van der Waals surface area contributed by atoms with Crippen LogP contribution in [0.25, 0.3) is 0 Å². The van der Waals surface area contributed by atoms with Gasteiger partial charge in [0.1, 0.15) is 5.75 Å². The molecule has 0 aliphatic heterocycles. The van der Waals surface area contributed by atoms with Crippen LogP contribution >= 0.6 is 11.6 Å². The predicted molar refractivity (Wildman–Crippen MR) is 73.6 cm³/mol. The Hall–Kier alpha value is -1.85. The van der Waals surface area contributed by atoms with Gasteiger partial charge in [0.15, 0.2) is 11.6 Å². The van der Waals surface area contributed by atoms with Gasteiger partial charge in [0.05, 0.1) is 24.4 Å². The molecule has 0 radical (unpaired) electrons. The van der Waals surface area contributed by atoms with Crippen molar-refractivity contribution in [2.45, 2.75) is 6.61 Å². The molecule has 20 heavy (non-hydrogen) atoms. The van der Waals surface area contributed by atoms with Gasteiger partial charge in [-0.3, -0.25) is 0 Å². The first-order chi connectivity index (χ1) is 9.56. The van der Waals surface area contributed by atoms with E-state index in [4.69, 9.17) is 16.3 Å². The van der Waals surface area contributed by atoms with Crippen molar-refractivity contribution in [3.63, 3.8) is 0 Å². The zero-order chi connectivity index (χ0) is 14.7. The Bertz CT molecular complexity index is 635. The third-order valence-corrected chi connectivity index (χ3v) is 3.08. The second-order valence-corrected chi connectivity index (χ2v) is 4.44. The van der Waals surface area contributed by atoms with Crippen molar-refractivity contribution in [1.29, 1.82) is 0 Å². The number of hydrogen-bond acceptors (Lipinski definition) is 3. The van der Waals surface area contributed by atoms with Crippen LogP contribution in [-0.4, -0.2) is 12.2 Å². The highest BCUT2D eigenvalue weighted by Crippen LogP contribution is 2.31. The third kappa shape index (κ3) is 2.84. The smallest absolute Gasteiger partial charge is 0.182 e. The summed E-state index contributed by atoms with van der Waals surface area (Å²) in [6.45, 7) is -0.412. The maximum atomic E-state index is 13.8. The molecule has 0 aromatic heterocycles. The summed E-state index contributed by atoms with van der Waals surface area (Å²) in [5.41, 5.74) is 0.597. The molecule has 0 atom stereocenters. The molecule has 0 bridgehead atoms. The standard InChI is InChI=1S/C14H12ClF2NO2/c1-20-12-6-9(3-4-10(12)15)18-14-8(7-19)2-5-11(16)13(14)17/h2-6,18-19H,7H2,1H3. The third-order valence-electron chi connectivity index (χ3n) is 2.77. The van der Waals surface area contributed by atoms with E-state index in [-0.39, 0.29) is 11.3 Å². The molecule has 0 aliphatic carbocycles. The van der Waals surface area contributed by atoms with Gasteiger partial charge in [-0.15, -0.1) is 0 Å². The number of aliphatic hydroxyl groups is 1. The Labute approximate surface area is 119 Å². The van der Waals surface area contributed by atoms with Gasteiger partial charge >= 0.3 is 0 Å². The van der Waals surface area contributed by atoms with Crippen molar-refractivity contribution in [3.05, 3.63) is 52.6 Å². The van der Waals surface area contributed by atoms with Crippen molar-refractivity contribution in [2.75, 3.05) is 12.4 Å². The lowest BCUT2D eigenvalue weighted by atomic mass is 10.1. The van der Waals surface area contributed by atoms with E-state index in [0.29, 0.717) is 16.5 Å². The van der Waals surface area contributed by atoms with Crippen molar-refractivity contribution < 1.29 is 18.6 Å². The lowest BCUT2D eigenvalue weighted by Gasteiger charge is -2.13. The molecule has 0 amide bonds. The van der Waals surface area contributed by atoms with Gasteiger partial charge in [-0.2, -0.15) is 0 Å². The Morgan fingerprint density at radius 3 is 2.65 bits per heavy atom.